The van der Waals surface area contributed by atoms with Gasteiger partial charge in [-0.3, -0.25) is 20.2 Å². The van der Waals surface area contributed by atoms with Crippen LogP contribution in [0.2, 0.25) is 0 Å². The molecule has 0 spiro atoms. The minimum atomic E-state index is -3.88. The quantitative estimate of drug-likeness (QED) is 0.409. The van der Waals surface area contributed by atoms with E-state index in [1.807, 2.05) is 5.32 Å². The number of sulfonamides is 1. The third kappa shape index (κ3) is 5.35. The van der Waals surface area contributed by atoms with Gasteiger partial charge in [0.15, 0.2) is 0 Å². The molecule has 1 fully saturated rings. The van der Waals surface area contributed by atoms with Gasteiger partial charge in [-0.05, 0) is 12.1 Å². The number of nitro benzene ring substituents is 1. The molecule has 1 aromatic rings. The maximum atomic E-state index is 12.6. The molecule has 27 heavy (non-hydrogen) atoms. The van der Waals surface area contributed by atoms with Crippen molar-refractivity contribution in [2.45, 2.75) is 11.3 Å². The van der Waals surface area contributed by atoms with Gasteiger partial charge in [0, 0.05) is 32.1 Å². The zero-order valence-electron chi connectivity index (χ0n) is 14.2. The highest BCUT2D eigenvalue weighted by molar-refractivity contribution is 7.89. The van der Waals surface area contributed by atoms with Crippen LogP contribution in [0.4, 0.5) is 16.2 Å². The fourth-order valence-electron chi connectivity index (χ4n) is 2.42. The maximum absolute atomic E-state index is 12.6. The lowest BCUT2D eigenvalue weighted by Crippen LogP contribution is -2.40. The number of morpholine rings is 1. The first-order chi connectivity index (χ1) is 12.7. The molecule has 1 aromatic carbocycles. The van der Waals surface area contributed by atoms with Crippen LogP contribution in [0.25, 0.3) is 0 Å². The Labute approximate surface area is 154 Å². The van der Waals surface area contributed by atoms with Crippen LogP contribution in [0.15, 0.2) is 23.1 Å². The van der Waals surface area contributed by atoms with E-state index in [4.69, 9.17) is 10.5 Å². The molecule has 0 atom stereocenters. The Bertz CT molecular complexity index is 836. The van der Waals surface area contributed by atoms with E-state index in [2.05, 4.69) is 5.32 Å². The van der Waals surface area contributed by atoms with Crippen molar-refractivity contribution in [2.75, 3.05) is 38.2 Å². The van der Waals surface area contributed by atoms with Crippen LogP contribution < -0.4 is 16.4 Å². The monoisotopic (exact) mass is 401 g/mol. The number of primary amides is 1. The lowest BCUT2D eigenvalue weighted by Gasteiger charge is -2.26. The van der Waals surface area contributed by atoms with Gasteiger partial charge >= 0.3 is 6.03 Å². The smallest absolute Gasteiger partial charge is 0.318 e. The van der Waals surface area contributed by atoms with E-state index in [0.29, 0.717) is 0 Å². The molecule has 1 saturated heterocycles. The zero-order valence-corrected chi connectivity index (χ0v) is 15.0. The van der Waals surface area contributed by atoms with Gasteiger partial charge in [-0.25, -0.2) is 13.2 Å². The van der Waals surface area contributed by atoms with Crippen molar-refractivity contribution in [3.63, 3.8) is 0 Å². The van der Waals surface area contributed by atoms with Gasteiger partial charge in [-0.15, -0.1) is 0 Å². The van der Waals surface area contributed by atoms with Crippen LogP contribution >= 0.6 is 0 Å². The summed E-state index contributed by atoms with van der Waals surface area (Å²) in [6, 6.07) is 2.49. The van der Waals surface area contributed by atoms with E-state index in [1.54, 1.807) is 0 Å². The number of carbonyl (C=O) groups is 2. The number of hydrogen-bond acceptors (Lipinski definition) is 8. The summed E-state index contributed by atoms with van der Waals surface area (Å²) in [5.74, 6) is -0.649. The van der Waals surface area contributed by atoms with Crippen LogP contribution in [0.1, 0.15) is 6.42 Å². The van der Waals surface area contributed by atoms with E-state index in [0.717, 1.165) is 6.07 Å². The predicted octanol–water partition coefficient (Wildman–Crippen LogP) is -0.387. The Hall–Kier alpha value is -2.77. The van der Waals surface area contributed by atoms with Gasteiger partial charge in [0.05, 0.1) is 23.0 Å². The van der Waals surface area contributed by atoms with Crippen molar-refractivity contribution in [1.82, 2.24) is 9.62 Å². The molecule has 1 aliphatic heterocycles. The molecular formula is C14H19N5O7S. The second-order valence-electron chi connectivity index (χ2n) is 5.54. The van der Waals surface area contributed by atoms with Crippen LogP contribution in [0.3, 0.4) is 0 Å². The van der Waals surface area contributed by atoms with Crippen molar-refractivity contribution < 1.29 is 27.7 Å². The number of nitrogens with zero attached hydrogens (tertiary/aromatic N) is 2. The third-order valence-electron chi connectivity index (χ3n) is 3.70. The topological polar surface area (TPSA) is 174 Å². The fourth-order valence-corrected chi connectivity index (χ4v) is 3.85. The van der Waals surface area contributed by atoms with Gasteiger partial charge in [0.25, 0.3) is 5.69 Å². The van der Waals surface area contributed by atoms with E-state index < -0.39 is 32.6 Å². The summed E-state index contributed by atoms with van der Waals surface area (Å²) in [6.07, 6.45) is -0.159. The third-order valence-corrected chi connectivity index (χ3v) is 5.60. The molecule has 0 aromatic heterocycles. The highest BCUT2D eigenvalue weighted by atomic mass is 32.2. The highest BCUT2D eigenvalue weighted by Crippen LogP contribution is 2.29. The maximum Gasteiger partial charge on any atom is 0.318 e. The van der Waals surface area contributed by atoms with Crippen LogP contribution in [-0.2, 0) is 19.6 Å². The van der Waals surface area contributed by atoms with E-state index in [9.17, 15) is 28.1 Å². The Morgan fingerprint density at radius 3 is 2.56 bits per heavy atom. The zero-order chi connectivity index (χ0) is 20.0. The number of nitro groups is 1. The molecule has 2 rings (SSSR count). The minimum Gasteiger partial charge on any atom is -0.379 e. The SMILES string of the molecule is NC(=O)NC(=O)CCNc1ccc(S(=O)(=O)N2CCOCC2)cc1[N+](=O)[O-]. The van der Waals surface area contributed by atoms with E-state index in [-0.39, 0.29) is 49.9 Å². The molecule has 13 heteroatoms. The number of nitrogens with two attached hydrogens (primary N) is 1. The Balaban J connectivity index is 2.15. The highest BCUT2D eigenvalue weighted by Gasteiger charge is 2.28. The molecule has 3 amide bonds. The van der Waals surface area contributed by atoms with Gasteiger partial charge < -0.3 is 15.8 Å². The summed E-state index contributed by atoms with van der Waals surface area (Å²) in [5.41, 5.74) is 4.41. The number of urea groups is 1. The number of ether oxygens (including phenoxy) is 1. The summed E-state index contributed by atoms with van der Waals surface area (Å²) in [6.45, 7) is 0.842. The summed E-state index contributed by atoms with van der Waals surface area (Å²) in [5, 5.41) is 15.9. The molecule has 148 valence electrons. The number of imide groups is 1. The standard InChI is InChI=1S/C14H19N5O7S/c15-14(21)17-13(20)3-4-16-11-2-1-10(9-12(11)19(22)23)27(24,25)18-5-7-26-8-6-18/h1-2,9,16H,3-8H2,(H3,15,17,20,21). The summed E-state index contributed by atoms with van der Waals surface area (Å²) >= 11 is 0. The molecule has 12 nitrogen and oxygen atoms in total. The number of benzene rings is 1. The molecule has 1 aliphatic rings. The number of rotatable bonds is 7. The number of hydrogen-bond donors (Lipinski definition) is 3. The van der Waals surface area contributed by atoms with Crippen molar-refractivity contribution in [3.8, 4) is 0 Å². The predicted molar refractivity (Wildman–Crippen MR) is 93.5 cm³/mol. The Morgan fingerprint density at radius 2 is 1.96 bits per heavy atom. The fraction of sp³-hybridized carbons (Fsp3) is 0.429. The van der Waals surface area contributed by atoms with Crippen LogP contribution in [0.5, 0.6) is 0 Å². The average molecular weight is 401 g/mol. The minimum absolute atomic E-state index is 0.0183. The molecule has 0 saturated carbocycles. The lowest BCUT2D eigenvalue weighted by molar-refractivity contribution is -0.384. The molecular weight excluding hydrogens is 382 g/mol. The van der Waals surface area contributed by atoms with Gasteiger partial charge in [-0.1, -0.05) is 0 Å². The van der Waals surface area contributed by atoms with Crippen LogP contribution in [-0.4, -0.2) is 62.4 Å². The van der Waals surface area contributed by atoms with Crippen molar-refractivity contribution in [1.29, 1.82) is 0 Å². The summed E-state index contributed by atoms with van der Waals surface area (Å²) in [7, 11) is -3.88. The normalized spacial score (nSPS) is 15.1. The molecule has 4 N–H and O–H groups in total. The first-order valence-corrected chi connectivity index (χ1v) is 9.35. The molecule has 0 unspecified atom stereocenters. The Morgan fingerprint density at radius 1 is 1.30 bits per heavy atom. The van der Waals surface area contributed by atoms with Crippen molar-refractivity contribution in [2.24, 2.45) is 5.73 Å². The number of carbonyl (C=O) groups excluding carboxylic acids is 2. The molecule has 0 aliphatic carbocycles. The average Bonchev–Trinajstić information content (AvgIpc) is 2.61. The van der Waals surface area contributed by atoms with E-state index in [1.165, 1.54) is 16.4 Å². The first kappa shape index (κ1) is 20.5. The van der Waals surface area contributed by atoms with Crippen molar-refractivity contribution >= 4 is 33.3 Å². The largest absolute Gasteiger partial charge is 0.379 e. The number of nitrogens with one attached hydrogen (secondary N) is 2. The molecule has 0 bridgehead atoms. The summed E-state index contributed by atoms with van der Waals surface area (Å²) < 4.78 is 31.5. The lowest BCUT2D eigenvalue weighted by atomic mass is 10.2. The van der Waals surface area contributed by atoms with E-state index >= 15 is 0 Å². The first-order valence-electron chi connectivity index (χ1n) is 7.91. The molecule has 0 radical (unpaired) electrons. The molecule has 1 heterocycles. The number of anilines is 1. The Kier molecular flexibility index (Phi) is 6.65. The number of amides is 3. The summed E-state index contributed by atoms with van der Waals surface area (Å²) in [4.78, 5) is 32.3. The second kappa shape index (κ2) is 8.75. The van der Waals surface area contributed by atoms with Gasteiger partial charge in [0.2, 0.25) is 15.9 Å². The van der Waals surface area contributed by atoms with Gasteiger partial charge in [0.1, 0.15) is 5.69 Å². The van der Waals surface area contributed by atoms with Crippen molar-refractivity contribution in [3.05, 3.63) is 28.3 Å². The van der Waals surface area contributed by atoms with Gasteiger partial charge in [-0.2, -0.15) is 4.31 Å². The second-order valence-corrected chi connectivity index (χ2v) is 7.48. The van der Waals surface area contributed by atoms with Crippen LogP contribution in [0, 0.1) is 10.1 Å².